The largest absolute Gasteiger partial charge is 0.504 e. The number of nitrogens with two attached hydrogens (primary N) is 1. The quantitative estimate of drug-likeness (QED) is 0.412. The van der Waals surface area contributed by atoms with E-state index in [0.29, 0.717) is 18.1 Å². The third-order valence-electron chi connectivity index (χ3n) is 2.79. The maximum Gasteiger partial charge on any atom is 0.356 e. The van der Waals surface area contributed by atoms with Crippen LogP contribution in [-0.4, -0.2) is 31.3 Å². The molecule has 0 bridgehead atoms. The minimum Gasteiger partial charge on any atom is -0.504 e. The Kier molecular flexibility index (Phi) is 3.57. The number of benzene rings is 1. The van der Waals surface area contributed by atoms with E-state index in [1.54, 1.807) is 6.92 Å². The lowest BCUT2D eigenvalue weighted by Crippen LogP contribution is -2.36. The number of hydrazine groups is 1. The molecule has 0 unspecified atom stereocenters. The van der Waals surface area contributed by atoms with Crippen LogP contribution in [0.25, 0.3) is 5.69 Å². The van der Waals surface area contributed by atoms with Gasteiger partial charge in [0.25, 0.3) is 0 Å². The molecule has 1 aromatic heterocycles. The van der Waals surface area contributed by atoms with Crippen molar-refractivity contribution < 1.29 is 10.2 Å². The van der Waals surface area contributed by atoms with Crippen LogP contribution in [0.2, 0.25) is 0 Å². The Labute approximate surface area is 114 Å². The number of aryl methyl sites for hydroxylation is 1. The van der Waals surface area contributed by atoms with Crippen LogP contribution in [0.15, 0.2) is 23.0 Å². The van der Waals surface area contributed by atoms with Gasteiger partial charge in [0.15, 0.2) is 11.5 Å². The highest BCUT2D eigenvalue weighted by Gasteiger charge is 2.12. The molecule has 0 aliphatic rings. The van der Waals surface area contributed by atoms with Crippen molar-refractivity contribution in [2.45, 2.75) is 13.8 Å². The topological polar surface area (TPSA) is 118 Å². The summed E-state index contributed by atoms with van der Waals surface area (Å²) in [6.07, 6.45) is 0. The highest BCUT2D eigenvalue weighted by atomic mass is 16.3. The fraction of sp³-hybridized carbons (Fsp3) is 0.250. The van der Waals surface area contributed by atoms with Gasteiger partial charge in [-0.15, -0.1) is 0 Å². The van der Waals surface area contributed by atoms with Gasteiger partial charge in [-0.05, 0) is 26.0 Å². The maximum absolute atomic E-state index is 12.1. The fourth-order valence-electron chi connectivity index (χ4n) is 1.71. The second-order valence-electron chi connectivity index (χ2n) is 4.15. The lowest BCUT2D eigenvalue weighted by atomic mass is 10.2. The number of aromatic hydroxyl groups is 2. The van der Waals surface area contributed by atoms with Gasteiger partial charge in [0.05, 0.1) is 5.69 Å². The van der Waals surface area contributed by atoms with Crippen LogP contribution in [0.1, 0.15) is 12.7 Å². The normalized spacial score (nSPS) is 10.6. The number of phenolic OH excluding ortho intramolecular Hbond substituents is 2. The van der Waals surface area contributed by atoms with Crippen LogP contribution < -0.4 is 16.5 Å². The summed E-state index contributed by atoms with van der Waals surface area (Å²) in [5, 5.41) is 20.0. The van der Waals surface area contributed by atoms with Gasteiger partial charge in [-0.1, -0.05) is 0 Å². The van der Waals surface area contributed by atoms with Crippen LogP contribution in [0, 0.1) is 6.92 Å². The van der Waals surface area contributed by atoms with Crippen molar-refractivity contribution in [3.05, 3.63) is 34.5 Å². The van der Waals surface area contributed by atoms with Crippen LogP contribution in [-0.2, 0) is 0 Å². The number of phenols is 2. The zero-order chi connectivity index (χ0) is 14.9. The predicted molar refractivity (Wildman–Crippen MR) is 72.9 cm³/mol. The van der Waals surface area contributed by atoms with E-state index in [9.17, 15) is 15.0 Å². The average Bonchev–Trinajstić information content (AvgIpc) is 2.41. The summed E-state index contributed by atoms with van der Waals surface area (Å²) in [5.74, 6) is 5.56. The highest BCUT2D eigenvalue weighted by molar-refractivity contribution is 5.47. The Morgan fingerprint density at radius 3 is 2.55 bits per heavy atom. The average molecular weight is 277 g/mol. The fourth-order valence-corrected chi connectivity index (χ4v) is 1.71. The van der Waals surface area contributed by atoms with Crippen molar-refractivity contribution in [1.82, 2.24) is 14.5 Å². The predicted octanol–water partition coefficient (Wildman–Crippen LogP) is 0.0471. The van der Waals surface area contributed by atoms with Crippen LogP contribution in [0.4, 0.5) is 5.95 Å². The van der Waals surface area contributed by atoms with E-state index in [1.165, 1.54) is 27.8 Å². The zero-order valence-corrected chi connectivity index (χ0v) is 11.1. The highest BCUT2D eigenvalue weighted by Crippen LogP contribution is 2.26. The Balaban J connectivity index is 2.58. The molecule has 0 saturated carbocycles. The van der Waals surface area contributed by atoms with Crippen molar-refractivity contribution in [1.29, 1.82) is 0 Å². The summed E-state index contributed by atoms with van der Waals surface area (Å²) < 4.78 is 1.21. The van der Waals surface area contributed by atoms with Crippen molar-refractivity contribution in [2.24, 2.45) is 5.84 Å². The first-order valence-electron chi connectivity index (χ1n) is 5.96. The first-order valence-corrected chi connectivity index (χ1v) is 5.96. The molecule has 1 aromatic carbocycles. The number of hydrogen-bond donors (Lipinski definition) is 3. The van der Waals surface area contributed by atoms with Crippen molar-refractivity contribution >= 4 is 5.95 Å². The van der Waals surface area contributed by atoms with E-state index < -0.39 is 5.69 Å². The molecule has 0 amide bonds. The molecule has 2 aromatic rings. The lowest BCUT2D eigenvalue weighted by Gasteiger charge is -2.16. The molecule has 2 rings (SSSR count). The summed E-state index contributed by atoms with van der Waals surface area (Å²) in [4.78, 5) is 20.0. The minimum atomic E-state index is -0.568. The van der Waals surface area contributed by atoms with E-state index in [-0.39, 0.29) is 17.4 Å². The second kappa shape index (κ2) is 5.17. The SMILES string of the molecule is CCN(N)c1nc(C)n(-c2ccc(O)c(O)c2)c(=O)n1. The van der Waals surface area contributed by atoms with E-state index in [4.69, 9.17) is 5.84 Å². The first-order chi connectivity index (χ1) is 9.43. The van der Waals surface area contributed by atoms with Gasteiger partial charge in [0.2, 0.25) is 5.95 Å². The summed E-state index contributed by atoms with van der Waals surface area (Å²) in [7, 11) is 0. The Morgan fingerprint density at radius 2 is 2.00 bits per heavy atom. The third kappa shape index (κ3) is 2.41. The molecule has 1 heterocycles. The van der Waals surface area contributed by atoms with Gasteiger partial charge in [0, 0.05) is 12.6 Å². The Hall–Kier alpha value is -2.61. The molecule has 0 spiro atoms. The van der Waals surface area contributed by atoms with E-state index in [1.807, 2.05) is 6.92 Å². The summed E-state index contributed by atoms with van der Waals surface area (Å²) in [6, 6.07) is 4.02. The number of aromatic nitrogens is 3. The Morgan fingerprint density at radius 1 is 1.30 bits per heavy atom. The standard InChI is InChI=1S/C12H15N5O3/c1-3-16(13)11-14-7(2)17(12(20)15-11)8-4-5-9(18)10(19)6-8/h4-6,18-19H,3,13H2,1-2H3. The van der Waals surface area contributed by atoms with Crippen LogP contribution in [0.5, 0.6) is 11.5 Å². The summed E-state index contributed by atoms with van der Waals surface area (Å²) in [6.45, 7) is 3.89. The second-order valence-corrected chi connectivity index (χ2v) is 4.15. The molecule has 8 heteroatoms. The number of anilines is 1. The van der Waals surface area contributed by atoms with Crippen LogP contribution in [0.3, 0.4) is 0 Å². The molecular formula is C12H15N5O3. The zero-order valence-electron chi connectivity index (χ0n) is 11.1. The molecular weight excluding hydrogens is 262 g/mol. The van der Waals surface area contributed by atoms with Gasteiger partial charge in [-0.25, -0.2) is 15.2 Å². The smallest absolute Gasteiger partial charge is 0.356 e. The molecule has 20 heavy (non-hydrogen) atoms. The van der Waals surface area contributed by atoms with Crippen LogP contribution >= 0.6 is 0 Å². The monoisotopic (exact) mass is 277 g/mol. The number of hydrogen-bond acceptors (Lipinski definition) is 7. The van der Waals surface area contributed by atoms with Gasteiger partial charge < -0.3 is 10.2 Å². The molecule has 8 nitrogen and oxygen atoms in total. The minimum absolute atomic E-state index is 0.134. The number of nitrogens with zero attached hydrogens (tertiary/aromatic N) is 4. The molecule has 106 valence electrons. The van der Waals surface area contributed by atoms with Gasteiger partial charge in [-0.3, -0.25) is 5.01 Å². The van der Waals surface area contributed by atoms with Gasteiger partial charge in [-0.2, -0.15) is 9.97 Å². The molecule has 0 fully saturated rings. The summed E-state index contributed by atoms with van der Waals surface area (Å²) in [5.41, 5.74) is -0.212. The molecule has 0 saturated heterocycles. The third-order valence-corrected chi connectivity index (χ3v) is 2.79. The van der Waals surface area contributed by atoms with Crippen molar-refractivity contribution in [2.75, 3.05) is 11.6 Å². The first kappa shape index (κ1) is 13.8. The van der Waals surface area contributed by atoms with Crippen molar-refractivity contribution in [3.63, 3.8) is 0 Å². The van der Waals surface area contributed by atoms with E-state index in [0.717, 1.165) is 0 Å². The van der Waals surface area contributed by atoms with E-state index in [2.05, 4.69) is 9.97 Å². The molecule has 0 radical (unpaired) electrons. The lowest BCUT2D eigenvalue weighted by molar-refractivity contribution is 0.403. The maximum atomic E-state index is 12.1. The molecule has 0 atom stereocenters. The van der Waals surface area contributed by atoms with Crippen molar-refractivity contribution in [3.8, 4) is 17.2 Å². The molecule has 0 aliphatic carbocycles. The molecule has 4 N–H and O–H groups in total. The van der Waals surface area contributed by atoms with Gasteiger partial charge in [0.1, 0.15) is 5.82 Å². The number of rotatable bonds is 3. The van der Waals surface area contributed by atoms with E-state index >= 15 is 0 Å². The van der Waals surface area contributed by atoms with Gasteiger partial charge >= 0.3 is 5.69 Å². The summed E-state index contributed by atoms with van der Waals surface area (Å²) >= 11 is 0. The Bertz CT molecular complexity index is 698. The molecule has 0 aliphatic heterocycles.